The molecule has 1 aromatic carbocycles. The third-order valence-electron chi connectivity index (χ3n) is 8.17. The summed E-state index contributed by atoms with van der Waals surface area (Å²) in [6.45, 7) is 1.74. The van der Waals surface area contributed by atoms with Crippen LogP contribution < -0.4 is 5.32 Å². The monoisotopic (exact) mass is 564 g/mol. The van der Waals surface area contributed by atoms with Crippen molar-refractivity contribution in [1.82, 2.24) is 25.0 Å². The van der Waals surface area contributed by atoms with E-state index in [1.807, 2.05) is 12.1 Å². The van der Waals surface area contributed by atoms with Crippen molar-refractivity contribution in [3.8, 4) is 0 Å². The molecule has 0 spiro atoms. The molecule has 41 heavy (non-hydrogen) atoms. The van der Waals surface area contributed by atoms with Crippen LogP contribution >= 0.6 is 0 Å². The van der Waals surface area contributed by atoms with Crippen LogP contribution in [0.25, 0.3) is 11.0 Å². The van der Waals surface area contributed by atoms with Gasteiger partial charge >= 0.3 is 6.18 Å². The molecule has 1 N–H and O–H groups in total. The Morgan fingerprint density at radius 1 is 1.02 bits per heavy atom. The number of pyridine rings is 2. The number of nitrogens with one attached hydrogen (secondary N) is 1. The van der Waals surface area contributed by atoms with Crippen LogP contribution in [0.1, 0.15) is 79.2 Å². The Morgan fingerprint density at radius 3 is 2.37 bits per heavy atom. The molecule has 0 aliphatic heterocycles. The highest BCUT2D eigenvalue weighted by molar-refractivity contribution is 5.85. The van der Waals surface area contributed by atoms with E-state index in [0.29, 0.717) is 49.0 Å². The number of hydrogen-bond acceptors (Lipinski definition) is 7. The second kappa shape index (κ2) is 10.8. The van der Waals surface area contributed by atoms with Gasteiger partial charge in [-0.3, -0.25) is 14.8 Å². The van der Waals surface area contributed by atoms with Crippen molar-refractivity contribution in [2.24, 2.45) is 5.92 Å². The summed E-state index contributed by atoms with van der Waals surface area (Å²) in [4.78, 5) is 27.4. The fraction of sp³-hybridized carbons (Fsp3) is 0.433. The first-order chi connectivity index (χ1) is 19.7. The van der Waals surface area contributed by atoms with Crippen LogP contribution in [0.2, 0.25) is 0 Å². The number of carbonyl (C=O) groups excluding carboxylic acids is 1. The van der Waals surface area contributed by atoms with Gasteiger partial charge in [0.05, 0.1) is 22.9 Å². The van der Waals surface area contributed by atoms with Gasteiger partial charge in [-0.1, -0.05) is 17.3 Å². The van der Waals surface area contributed by atoms with E-state index in [2.05, 4.69) is 25.4 Å². The van der Waals surface area contributed by atoms with Crippen LogP contribution in [0, 0.1) is 12.8 Å². The molecule has 2 saturated carbocycles. The van der Waals surface area contributed by atoms with Gasteiger partial charge in [-0.05, 0) is 81.2 Å². The van der Waals surface area contributed by atoms with E-state index in [-0.39, 0.29) is 11.5 Å². The molecule has 1 amide bonds. The molecule has 0 saturated heterocycles. The van der Waals surface area contributed by atoms with E-state index < -0.39 is 24.0 Å². The number of aryl methyl sites for hydroxylation is 1. The van der Waals surface area contributed by atoms with Gasteiger partial charge in [-0.15, -0.1) is 0 Å². The number of hydrogen-bond donors (Lipinski definition) is 1. The summed E-state index contributed by atoms with van der Waals surface area (Å²) in [5.74, 6) is 0.500. The van der Waals surface area contributed by atoms with Gasteiger partial charge in [0, 0.05) is 36.3 Å². The molecule has 0 radical (unpaired) electrons. The number of carbonyl (C=O) groups is 1. The van der Waals surface area contributed by atoms with Crippen molar-refractivity contribution >= 4 is 28.3 Å². The lowest BCUT2D eigenvalue weighted by Crippen LogP contribution is -2.43. The quantitative estimate of drug-likeness (QED) is 0.259. The minimum atomic E-state index is -4.63. The number of nitrogens with zero attached hydrogens (tertiary/aromatic N) is 5. The highest BCUT2D eigenvalue weighted by Crippen LogP contribution is 2.46. The predicted molar refractivity (Wildman–Crippen MR) is 147 cm³/mol. The Balaban J connectivity index is 1.17. The zero-order valence-electron chi connectivity index (χ0n) is 22.9. The number of fused-ring (bicyclic) bond motifs is 1. The maximum atomic E-state index is 14.4. The highest BCUT2D eigenvalue weighted by atomic mass is 19.4. The number of aromatic nitrogens is 4. The molecule has 3 heterocycles. The molecular weight excluding hydrogens is 533 g/mol. The Hall–Kier alpha value is -4.02. The van der Waals surface area contributed by atoms with Crippen LogP contribution in [0.5, 0.6) is 0 Å². The van der Waals surface area contributed by atoms with Crippen LogP contribution in [0.4, 0.5) is 24.5 Å². The number of benzene rings is 1. The summed E-state index contributed by atoms with van der Waals surface area (Å²) in [5.41, 5.74) is 4.19. The van der Waals surface area contributed by atoms with Crippen molar-refractivity contribution < 1.29 is 22.5 Å². The molecule has 4 aromatic rings. The van der Waals surface area contributed by atoms with Gasteiger partial charge in [-0.25, -0.2) is 0 Å². The Morgan fingerprint density at radius 2 is 1.73 bits per heavy atom. The summed E-state index contributed by atoms with van der Waals surface area (Å²) in [6.07, 6.45) is 3.17. The Bertz CT molecular complexity index is 1540. The number of anilines is 2. The standard InChI is InChI=1S/C30H31F3N6O2/c1-17-36-28(41-38-17)20-7-9-21(10-8-20)29(40)39(2)27(30(31,32)33)19-11-13-22(14-12-19)37-24-16-35-23-4-3-15-34-26(23)25(24)18-5-6-18/h3-4,11-16,18,20-21,27,37H,5-10H2,1-2H3/t20?,21?,27-/m0/s1. The van der Waals surface area contributed by atoms with E-state index in [0.717, 1.165) is 40.0 Å². The van der Waals surface area contributed by atoms with Crippen molar-refractivity contribution in [3.63, 3.8) is 0 Å². The first kappa shape index (κ1) is 27.2. The molecule has 214 valence electrons. The Kier molecular flexibility index (Phi) is 7.13. The van der Waals surface area contributed by atoms with Crippen LogP contribution in [-0.4, -0.2) is 44.1 Å². The van der Waals surface area contributed by atoms with Crippen LogP contribution in [-0.2, 0) is 4.79 Å². The molecule has 1 atom stereocenters. The molecule has 2 aliphatic rings. The van der Waals surface area contributed by atoms with Gasteiger partial charge in [0.15, 0.2) is 11.9 Å². The molecule has 0 bridgehead atoms. The lowest BCUT2D eigenvalue weighted by Gasteiger charge is -2.35. The zero-order valence-corrected chi connectivity index (χ0v) is 22.9. The molecular formula is C30H31F3N6O2. The van der Waals surface area contributed by atoms with Crippen molar-refractivity contribution in [3.05, 3.63) is 71.6 Å². The second-order valence-electron chi connectivity index (χ2n) is 11.1. The lowest BCUT2D eigenvalue weighted by atomic mass is 9.81. The van der Waals surface area contributed by atoms with Crippen molar-refractivity contribution in [2.75, 3.05) is 12.4 Å². The van der Waals surface area contributed by atoms with Gasteiger partial charge in [-0.2, -0.15) is 18.2 Å². The average molecular weight is 565 g/mol. The first-order valence-electron chi connectivity index (χ1n) is 13.9. The Labute approximate surface area is 235 Å². The molecule has 3 aromatic heterocycles. The summed E-state index contributed by atoms with van der Waals surface area (Å²) in [7, 11) is 1.25. The topological polar surface area (TPSA) is 97.0 Å². The number of alkyl halides is 3. The fourth-order valence-corrected chi connectivity index (χ4v) is 5.94. The third-order valence-corrected chi connectivity index (χ3v) is 8.17. The van der Waals surface area contributed by atoms with Gasteiger partial charge in [0.2, 0.25) is 11.8 Å². The average Bonchev–Trinajstić information content (AvgIpc) is 3.71. The van der Waals surface area contributed by atoms with Gasteiger partial charge in [0.25, 0.3) is 0 Å². The highest BCUT2D eigenvalue weighted by Gasteiger charge is 2.46. The number of amides is 1. The smallest absolute Gasteiger partial charge is 0.354 e. The number of halogens is 3. The maximum absolute atomic E-state index is 14.4. The summed E-state index contributed by atoms with van der Waals surface area (Å²) in [6, 6.07) is 7.81. The molecule has 2 fully saturated rings. The van der Waals surface area contributed by atoms with Crippen LogP contribution in [0.15, 0.2) is 53.3 Å². The number of rotatable bonds is 7. The lowest BCUT2D eigenvalue weighted by molar-refractivity contribution is -0.191. The summed E-state index contributed by atoms with van der Waals surface area (Å²) >= 11 is 0. The predicted octanol–water partition coefficient (Wildman–Crippen LogP) is 6.98. The second-order valence-corrected chi connectivity index (χ2v) is 11.1. The van der Waals surface area contributed by atoms with Gasteiger partial charge < -0.3 is 14.7 Å². The first-order valence-corrected chi connectivity index (χ1v) is 13.9. The fourth-order valence-electron chi connectivity index (χ4n) is 5.94. The summed E-state index contributed by atoms with van der Waals surface area (Å²) in [5, 5.41) is 7.15. The van der Waals surface area contributed by atoms with E-state index in [1.165, 1.54) is 19.2 Å². The van der Waals surface area contributed by atoms with Crippen molar-refractivity contribution in [1.29, 1.82) is 0 Å². The van der Waals surface area contributed by atoms with E-state index >= 15 is 0 Å². The van der Waals surface area contributed by atoms with E-state index in [9.17, 15) is 18.0 Å². The maximum Gasteiger partial charge on any atom is 0.413 e. The van der Waals surface area contributed by atoms with E-state index in [4.69, 9.17) is 4.52 Å². The molecule has 2 aliphatic carbocycles. The zero-order chi connectivity index (χ0) is 28.7. The summed E-state index contributed by atoms with van der Waals surface area (Å²) < 4.78 is 48.3. The molecule has 8 nitrogen and oxygen atoms in total. The molecule has 6 rings (SSSR count). The molecule has 11 heteroatoms. The van der Waals surface area contributed by atoms with E-state index in [1.54, 1.807) is 31.5 Å². The van der Waals surface area contributed by atoms with Crippen LogP contribution in [0.3, 0.4) is 0 Å². The minimum absolute atomic E-state index is 0.00893. The SMILES string of the molecule is Cc1noc(C2CCC(C(=O)N(C)[C@@H](c3ccc(Nc4cnc5cccnc5c4C4CC4)cc3)C(F)(F)F)CC2)n1. The van der Waals surface area contributed by atoms with Gasteiger partial charge in [0.1, 0.15) is 0 Å². The largest absolute Gasteiger partial charge is 0.413 e. The third kappa shape index (κ3) is 5.62. The normalized spacial score (nSPS) is 20.1. The minimum Gasteiger partial charge on any atom is -0.354 e. The van der Waals surface area contributed by atoms with Crippen molar-refractivity contribution in [2.45, 2.75) is 69.5 Å². The molecule has 0 unspecified atom stereocenters.